The molecule has 0 aromatic carbocycles. The zero-order chi connectivity index (χ0) is 11.8. The summed E-state index contributed by atoms with van der Waals surface area (Å²) in [5.74, 6) is 2.77. The maximum Gasteiger partial charge on any atom is 0.0164 e. The minimum Gasteiger partial charge on any atom is -0.300 e. The van der Waals surface area contributed by atoms with Gasteiger partial charge in [-0.05, 0) is 62.8 Å². The van der Waals surface area contributed by atoms with Crippen LogP contribution >= 0.6 is 0 Å². The van der Waals surface area contributed by atoms with Gasteiger partial charge in [0, 0.05) is 12.6 Å². The molecule has 1 heterocycles. The molecule has 0 spiro atoms. The molecule has 96 valence electrons. The van der Waals surface area contributed by atoms with Gasteiger partial charge in [0.25, 0.3) is 0 Å². The topological polar surface area (TPSA) is 3.24 Å². The molecule has 0 amide bonds. The van der Waals surface area contributed by atoms with Gasteiger partial charge in [0.1, 0.15) is 0 Å². The minimum atomic E-state index is 0.900. The predicted molar refractivity (Wildman–Crippen MR) is 73.0 cm³/mol. The lowest BCUT2D eigenvalue weighted by atomic mass is 9.81. The van der Waals surface area contributed by atoms with Gasteiger partial charge in [-0.15, -0.1) is 0 Å². The van der Waals surface area contributed by atoms with E-state index >= 15 is 0 Å². The van der Waals surface area contributed by atoms with E-state index in [0.29, 0.717) is 0 Å². The third-order valence-electron chi connectivity index (χ3n) is 5.42. The minimum absolute atomic E-state index is 0.900. The Bertz CT molecular complexity index is 307. The van der Waals surface area contributed by atoms with Crippen molar-refractivity contribution >= 4 is 0 Å². The fourth-order valence-corrected chi connectivity index (χ4v) is 4.34. The predicted octanol–water partition coefficient (Wildman–Crippen LogP) is 3.85. The largest absolute Gasteiger partial charge is 0.300 e. The van der Waals surface area contributed by atoms with Gasteiger partial charge in [0.05, 0.1) is 0 Å². The summed E-state index contributed by atoms with van der Waals surface area (Å²) in [7, 11) is 0. The van der Waals surface area contributed by atoms with Crippen molar-refractivity contribution < 1.29 is 0 Å². The molecular weight excluding hydrogens is 206 g/mol. The first-order valence-electron chi connectivity index (χ1n) is 7.72. The molecule has 3 aliphatic rings. The Kier molecular flexibility index (Phi) is 3.30. The highest BCUT2D eigenvalue weighted by molar-refractivity contribution is 5.20. The highest BCUT2D eigenvalue weighted by Crippen LogP contribution is 2.44. The highest BCUT2D eigenvalue weighted by atomic mass is 15.2. The Morgan fingerprint density at radius 3 is 2.82 bits per heavy atom. The first kappa shape index (κ1) is 11.8. The fourth-order valence-electron chi connectivity index (χ4n) is 4.34. The van der Waals surface area contributed by atoms with E-state index in [1.165, 1.54) is 51.6 Å². The van der Waals surface area contributed by atoms with E-state index in [4.69, 9.17) is 0 Å². The lowest BCUT2D eigenvalue weighted by Crippen LogP contribution is -2.37. The Hall–Kier alpha value is -0.300. The van der Waals surface area contributed by atoms with Crippen LogP contribution in [0.25, 0.3) is 0 Å². The molecule has 0 radical (unpaired) electrons. The van der Waals surface area contributed by atoms with E-state index < -0.39 is 0 Å². The van der Waals surface area contributed by atoms with Gasteiger partial charge in [0.15, 0.2) is 0 Å². The fraction of sp³-hybridized carbons (Fsp3) is 0.875. The van der Waals surface area contributed by atoms with Crippen LogP contribution in [-0.2, 0) is 0 Å². The van der Waals surface area contributed by atoms with E-state index in [1.807, 2.05) is 5.57 Å². The molecule has 2 fully saturated rings. The van der Waals surface area contributed by atoms with Crippen LogP contribution < -0.4 is 0 Å². The maximum absolute atomic E-state index is 2.81. The van der Waals surface area contributed by atoms with Crippen LogP contribution in [0.1, 0.15) is 52.4 Å². The summed E-state index contributed by atoms with van der Waals surface area (Å²) in [4.78, 5) is 2.81. The maximum atomic E-state index is 2.81. The van der Waals surface area contributed by atoms with E-state index in [0.717, 1.165) is 23.8 Å². The van der Waals surface area contributed by atoms with E-state index in [2.05, 4.69) is 24.8 Å². The van der Waals surface area contributed by atoms with E-state index in [1.54, 1.807) is 0 Å². The monoisotopic (exact) mass is 233 g/mol. The zero-order valence-corrected chi connectivity index (χ0v) is 11.5. The summed E-state index contributed by atoms with van der Waals surface area (Å²) in [6.45, 7) is 7.49. The van der Waals surface area contributed by atoms with Crippen molar-refractivity contribution in [3.8, 4) is 0 Å². The molecule has 0 aromatic rings. The molecule has 1 saturated carbocycles. The van der Waals surface area contributed by atoms with Gasteiger partial charge < -0.3 is 0 Å². The van der Waals surface area contributed by atoms with Crippen molar-refractivity contribution in [2.24, 2.45) is 17.8 Å². The van der Waals surface area contributed by atoms with Crippen molar-refractivity contribution in [3.63, 3.8) is 0 Å². The average Bonchev–Trinajstić information content (AvgIpc) is 2.93. The average molecular weight is 233 g/mol. The van der Waals surface area contributed by atoms with E-state index in [9.17, 15) is 0 Å². The van der Waals surface area contributed by atoms with Crippen LogP contribution in [0.15, 0.2) is 11.6 Å². The van der Waals surface area contributed by atoms with Crippen molar-refractivity contribution in [2.45, 2.75) is 58.4 Å². The van der Waals surface area contributed by atoms with Crippen molar-refractivity contribution in [1.82, 2.24) is 4.90 Å². The molecule has 3 unspecified atom stereocenters. The molecule has 2 aliphatic carbocycles. The Balaban J connectivity index is 1.70. The van der Waals surface area contributed by atoms with Crippen LogP contribution in [0.4, 0.5) is 0 Å². The molecular formula is C16H27N. The van der Waals surface area contributed by atoms with Crippen LogP contribution in [0, 0.1) is 17.8 Å². The van der Waals surface area contributed by atoms with Crippen LogP contribution in [0.2, 0.25) is 0 Å². The number of nitrogens with zero attached hydrogens (tertiary/aromatic N) is 1. The summed E-state index contributed by atoms with van der Waals surface area (Å²) in [6, 6.07) is 0.906. The summed E-state index contributed by atoms with van der Waals surface area (Å²) >= 11 is 0. The van der Waals surface area contributed by atoms with Crippen molar-refractivity contribution in [3.05, 3.63) is 11.6 Å². The summed E-state index contributed by atoms with van der Waals surface area (Å²) in [5, 5.41) is 0. The number of fused-ring (bicyclic) bond motifs is 1. The lowest BCUT2D eigenvalue weighted by molar-refractivity contribution is 0.188. The molecule has 17 heavy (non-hydrogen) atoms. The van der Waals surface area contributed by atoms with Gasteiger partial charge >= 0.3 is 0 Å². The van der Waals surface area contributed by atoms with Crippen LogP contribution in [-0.4, -0.2) is 24.0 Å². The van der Waals surface area contributed by atoms with Crippen molar-refractivity contribution in [2.75, 3.05) is 13.1 Å². The van der Waals surface area contributed by atoms with Gasteiger partial charge in [-0.1, -0.05) is 25.5 Å². The molecule has 1 heteroatoms. The van der Waals surface area contributed by atoms with Gasteiger partial charge in [0.2, 0.25) is 0 Å². The first-order valence-corrected chi connectivity index (χ1v) is 7.72. The number of hydrogen-bond donors (Lipinski definition) is 0. The Morgan fingerprint density at radius 2 is 2.12 bits per heavy atom. The van der Waals surface area contributed by atoms with Crippen LogP contribution in [0.5, 0.6) is 0 Å². The van der Waals surface area contributed by atoms with E-state index in [-0.39, 0.29) is 0 Å². The normalized spacial score (nSPS) is 42.6. The smallest absolute Gasteiger partial charge is 0.0164 e. The zero-order valence-electron chi connectivity index (χ0n) is 11.5. The SMILES string of the molecule is CCC1C=C2CCC(N3CC[C@@H](C)C3)C2CC1. The quantitative estimate of drug-likeness (QED) is 0.655. The van der Waals surface area contributed by atoms with Crippen LogP contribution in [0.3, 0.4) is 0 Å². The molecule has 4 atom stereocenters. The second-order valence-corrected chi connectivity index (χ2v) is 6.59. The summed E-state index contributed by atoms with van der Waals surface area (Å²) in [5.41, 5.74) is 1.83. The number of hydrogen-bond acceptors (Lipinski definition) is 1. The lowest BCUT2D eigenvalue weighted by Gasteiger charge is -2.33. The molecule has 0 N–H and O–H groups in total. The molecule has 1 nitrogen and oxygen atoms in total. The van der Waals surface area contributed by atoms with Gasteiger partial charge in [-0.3, -0.25) is 4.90 Å². The number of likely N-dealkylation sites (tertiary alicyclic amines) is 1. The number of rotatable bonds is 2. The Morgan fingerprint density at radius 1 is 1.24 bits per heavy atom. The molecule has 1 aliphatic heterocycles. The molecule has 0 bridgehead atoms. The second kappa shape index (κ2) is 4.76. The third kappa shape index (κ3) is 2.19. The van der Waals surface area contributed by atoms with Crippen molar-refractivity contribution in [1.29, 1.82) is 0 Å². The van der Waals surface area contributed by atoms with Gasteiger partial charge in [-0.25, -0.2) is 0 Å². The summed E-state index contributed by atoms with van der Waals surface area (Å²) < 4.78 is 0. The summed E-state index contributed by atoms with van der Waals surface area (Å²) in [6.07, 6.45) is 11.2. The van der Waals surface area contributed by atoms with Gasteiger partial charge in [-0.2, -0.15) is 0 Å². The standard InChI is InChI=1S/C16H27N/c1-3-13-4-6-15-14(10-13)5-7-16(15)17-9-8-12(2)11-17/h10,12-13,15-16H,3-9,11H2,1-2H3/t12-,13?,15?,16?/m1/s1. The molecule has 0 aromatic heterocycles. The first-order chi connectivity index (χ1) is 8.28. The highest BCUT2D eigenvalue weighted by Gasteiger charge is 2.39. The molecule has 3 rings (SSSR count). The second-order valence-electron chi connectivity index (χ2n) is 6.59. The Labute approximate surface area is 106 Å². The molecule has 1 saturated heterocycles. The third-order valence-corrected chi connectivity index (χ3v) is 5.42. The number of allylic oxidation sites excluding steroid dienone is 1.